The van der Waals surface area contributed by atoms with Crippen LogP contribution >= 0.6 is 0 Å². The number of hydrogen-bond acceptors (Lipinski definition) is 2. The third kappa shape index (κ3) is 4.34. The van der Waals surface area contributed by atoms with Crippen LogP contribution in [0.2, 0.25) is 0 Å². The van der Waals surface area contributed by atoms with Crippen molar-refractivity contribution in [1.82, 2.24) is 5.48 Å². The summed E-state index contributed by atoms with van der Waals surface area (Å²) in [6.07, 6.45) is 3.98. The van der Waals surface area contributed by atoms with Crippen LogP contribution in [0.15, 0.2) is 0 Å². The lowest BCUT2D eigenvalue weighted by atomic mass is 9.98. The Labute approximate surface area is 74.4 Å². The van der Waals surface area contributed by atoms with Gasteiger partial charge in [-0.2, -0.15) is 0 Å². The fourth-order valence-electron chi connectivity index (χ4n) is 1.29. The maximum atomic E-state index is 11.3. The van der Waals surface area contributed by atoms with E-state index in [2.05, 4.69) is 24.2 Å². The summed E-state index contributed by atoms with van der Waals surface area (Å²) in [5.41, 5.74) is 2.38. The SMILES string of the molecule is CCCC(CCC)C(=O)NOC. The van der Waals surface area contributed by atoms with Gasteiger partial charge in [-0.3, -0.25) is 9.63 Å². The molecule has 12 heavy (non-hydrogen) atoms. The van der Waals surface area contributed by atoms with Crippen molar-refractivity contribution in [2.24, 2.45) is 5.92 Å². The number of hydrogen-bond donors (Lipinski definition) is 1. The average molecular weight is 173 g/mol. The summed E-state index contributed by atoms with van der Waals surface area (Å²) >= 11 is 0. The maximum Gasteiger partial charge on any atom is 0.246 e. The second kappa shape index (κ2) is 7.10. The molecular weight excluding hydrogens is 154 g/mol. The van der Waals surface area contributed by atoms with E-state index in [9.17, 15) is 4.79 Å². The van der Waals surface area contributed by atoms with Crippen molar-refractivity contribution >= 4 is 5.91 Å². The predicted molar refractivity (Wildman–Crippen MR) is 48.5 cm³/mol. The molecule has 0 aliphatic rings. The highest BCUT2D eigenvalue weighted by molar-refractivity contribution is 5.77. The molecule has 0 aromatic carbocycles. The first kappa shape index (κ1) is 11.4. The Hall–Kier alpha value is -0.570. The van der Waals surface area contributed by atoms with Gasteiger partial charge in [0.2, 0.25) is 5.91 Å². The Bertz CT molecular complexity index is 120. The molecule has 0 rings (SSSR count). The molecule has 3 heteroatoms. The zero-order valence-corrected chi connectivity index (χ0v) is 8.22. The van der Waals surface area contributed by atoms with Crippen LogP contribution in [-0.2, 0) is 9.63 Å². The van der Waals surface area contributed by atoms with E-state index >= 15 is 0 Å². The summed E-state index contributed by atoms with van der Waals surface area (Å²) in [6.45, 7) is 4.17. The summed E-state index contributed by atoms with van der Waals surface area (Å²) in [5, 5.41) is 0. The molecule has 0 saturated heterocycles. The lowest BCUT2D eigenvalue weighted by Gasteiger charge is -2.13. The molecule has 72 valence electrons. The fourth-order valence-corrected chi connectivity index (χ4v) is 1.29. The van der Waals surface area contributed by atoms with Crippen LogP contribution in [0.1, 0.15) is 39.5 Å². The van der Waals surface area contributed by atoms with E-state index in [4.69, 9.17) is 0 Å². The Morgan fingerprint density at radius 3 is 2.17 bits per heavy atom. The van der Waals surface area contributed by atoms with Gasteiger partial charge in [-0.05, 0) is 12.8 Å². The second-order valence-corrected chi connectivity index (χ2v) is 2.94. The molecule has 0 aliphatic carbocycles. The van der Waals surface area contributed by atoms with Crippen LogP contribution in [0.25, 0.3) is 0 Å². The first-order valence-corrected chi connectivity index (χ1v) is 4.59. The number of rotatable bonds is 6. The summed E-state index contributed by atoms with van der Waals surface area (Å²) in [7, 11) is 1.47. The summed E-state index contributed by atoms with van der Waals surface area (Å²) in [5.74, 6) is 0.140. The van der Waals surface area contributed by atoms with Crippen LogP contribution in [0.5, 0.6) is 0 Å². The van der Waals surface area contributed by atoms with Crippen LogP contribution in [0.4, 0.5) is 0 Å². The third-order valence-electron chi connectivity index (χ3n) is 1.85. The van der Waals surface area contributed by atoms with Crippen LogP contribution < -0.4 is 5.48 Å². The molecule has 0 bridgehead atoms. The Balaban J connectivity index is 3.81. The zero-order valence-electron chi connectivity index (χ0n) is 8.22. The topological polar surface area (TPSA) is 38.3 Å². The van der Waals surface area contributed by atoms with E-state index in [1.54, 1.807) is 0 Å². The van der Waals surface area contributed by atoms with E-state index in [-0.39, 0.29) is 11.8 Å². The minimum Gasteiger partial charge on any atom is -0.277 e. The Morgan fingerprint density at radius 2 is 1.83 bits per heavy atom. The standard InChI is InChI=1S/C9H19NO2/c1-4-6-8(7-5-2)9(11)10-12-3/h8H,4-7H2,1-3H3,(H,10,11). The molecule has 0 heterocycles. The van der Waals surface area contributed by atoms with Crippen molar-refractivity contribution in [2.45, 2.75) is 39.5 Å². The molecule has 0 aromatic rings. The van der Waals surface area contributed by atoms with E-state index in [1.807, 2.05) is 0 Å². The monoisotopic (exact) mass is 173 g/mol. The minimum absolute atomic E-state index is 0.0150. The van der Waals surface area contributed by atoms with Gasteiger partial charge < -0.3 is 0 Å². The molecule has 3 nitrogen and oxygen atoms in total. The lowest BCUT2D eigenvalue weighted by Crippen LogP contribution is -2.29. The van der Waals surface area contributed by atoms with Crippen LogP contribution in [0.3, 0.4) is 0 Å². The molecule has 0 radical (unpaired) electrons. The van der Waals surface area contributed by atoms with Gasteiger partial charge in [0.15, 0.2) is 0 Å². The van der Waals surface area contributed by atoms with Crippen molar-refractivity contribution in [3.63, 3.8) is 0 Å². The number of amides is 1. The van der Waals surface area contributed by atoms with E-state index in [1.165, 1.54) is 7.11 Å². The van der Waals surface area contributed by atoms with Crippen molar-refractivity contribution in [3.8, 4) is 0 Å². The summed E-state index contributed by atoms with van der Waals surface area (Å²) < 4.78 is 0. The van der Waals surface area contributed by atoms with Crippen LogP contribution in [0, 0.1) is 5.92 Å². The minimum atomic E-state index is 0.0150. The first-order chi connectivity index (χ1) is 5.76. The quantitative estimate of drug-likeness (QED) is 0.623. The highest BCUT2D eigenvalue weighted by Gasteiger charge is 2.15. The third-order valence-corrected chi connectivity index (χ3v) is 1.85. The summed E-state index contributed by atoms with van der Waals surface area (Å²) in [6, 6.07) is 0. The molecular formula is C9H19NO2. The van der Waals surface area contributed by atoms with Crippen molar-refractivity contribution in [2.75, 3.05) is 7.11 Å². The molecule has 0 unspecified atom stereocenters. The van der Waals surface area contributed by atoms with Gasteiger partial charge in [0.1, 0.15) is 0 Å². The van der Waals surface area contributed by atoms with E-state index < -0.39 is 0 Å². The van der Waals surface area contributed by atoms with Gasteiger partial charge in [-0.1, -0.05) is 26.7 Å². The van der Waals surface area contributed by atoms with Gasteiger partial charge in [-0.25, -0.2) is 5.48 Å². The van der Waals surface area contributed by atoms with E-state index in [0.717, 1.165) is 25.7 Å². The molecule has 0 fully saturated rings. The number of hydroxylamine groups is 1. The van der Waals surface area contributed by atoms with Crippen LogP contribution in [-0.4, -0.2) is 13.0 Å². The van der Waals surface area contributed by atoms with Gasteiger partial charge in [0.25, 0.3) is 0 Å². The molecule has 0 saturated carbocycles. The van der Waals surface area contributed by atoms with Gasteiger partial charge >= 0.3 is 0 Å². The fraction of sp³-hybridized carbons (Fsp3) is 0.889. The van der Waals surface area contributed by atoms with Gasteiger partial charge in [0.05, 0.1) is 7.11 Å². The highest BCUT2D eigenvalue weighted by Crippen LogP contribution is 2.13. The first-order valence-electron chi connectivity index (χ1n) is 4.59. The van der Waals surface area contributed by atoms with Crippen molar-refractivity contribution in [3.05, 3.63) is 0 Å². The van der Waals surface area contributed by atoms with Crippen molar-refractivity contribution < 1.29 is 9.63 Å². The molecule has 0 aromatic heterocycles. The Morgan fingerprint density at radius 1 is 1.33 bits per heavy atom. The normalized spacial score (nSPS) is 10.3. The average Bonchev–Trinajstić information content (AvgIpc) is 2.04. The largest absolute Gasteiger partial charge is 0.277 e. The molecule has 0 aliphatic heterocycles. The molecule has 1 N–H and O–H groups in total. The zero-order chi connectivity index (χ0) is 9.40. The van der Waals surface area contributed by atoms with Crippen molar-refractivity contribution in [1.29, 1.82) is 0 Å². The van der Waals surface area contributed by atoms with Gasteiger partial charge in [-0.15, -0.1) is 0 Å². The smallest absolute Gasteiger partial charge is 0.246 e. The van der Waals surface area contributed by atoms with E-state index in [0.29, 0.717) is 0 Å². The highest BCUT2D eigenvalue weighted by atomic mass is 16.6. The molecule has 0 atom stereocenters. The van der Waals surface area contributed by atoms with Gasteiger partial charge in [0, 0.05) is 5.92 Å². The number of nitrogens with one attached hydrogen (secondary N) is 1. The lowest BCUT2D eigenvalue weighted by molar-refractivity contribution is -0.136. The Kier molecular flexibility index (Phi) is 6.76. The molecule has 0 spiro atoms. The predicted octanol–water partition coefficient (Wildman–Crippen LogP) is 1.88. The summed E-state index contributed by atoms with van der Waals surface area (Å²) in [4.78, 5) is 15.9. The maximum absolute atomic E-state index is 11.3. The molecule has 1 amide bonds. The number of carbonyl (C=O) groups is 1. The number of carbonyl (C=O) groups excluding carboxylic acids is 1. The second-order valence-electron chi connectivity index (χ2n) is 2.94.